The van der Waals surface area contributed by atoms with Gasteiger partial charge in [-0.15, -0.1) is 0 Å². The van der Waals surface area contributed by atoms with Crippen LogP contribution in [0.2, 0.25) is 0 Å². The molecule has 1 heterocycles. The van der Waals surface area contributed by atoms with Crippen LogP contribution in [-0.2, 0) is 9.53 Å². The van der Waals surface area contributed by atoms with Crippen LogP contribution in [0.1, 0.15) is 19.8 Å². The maximum Gasteiger partial charge on any atom is 0.325 e. The molecular weight excluding hydrogens is 332 g/mol. The molecule has 0 atom stereocenters. The zero-order valence-electron chi connectivity index (χ0n) is 11.9. The van der Waals surface area contributed by atoms with Gasteiger partial charge >= 0.3 is 5.97 Å². The molecule has 1 aromatic carbocycles. The third kappa shape index (κ3) is 3.02. The molecule has 1 fully saturated rings. The number of pyridine rings is 1. The van der Waals surface area contributed by atoms with Crippen LogP contribution in [0.3, 0.4) is 0 Å². The first kappa shape index (κ1) is 14.3. The minimum atomic E-state index is -0.196. The molecule has 1 aromatic heterocycles. The summed E-state index contributed by atoms with van der Waals surface area (Å²) in [6, 6.07) is 8.43. The van der Waals surface area contributed by atoms with Gasteiger partial charge < -0.3 is 9.64 Å². The lowest BCUT2D eigenvalue weighted by molar-refractivity contribution is -0.141. The molecule has 1 saturated carbocycles. The third-order valence-electron chi connectivity index (χ3n) is 3.60. The standard InChI is InChI=1S/C16H17BrN2O2/c1-2-21-15(20)10-19(11-6-7-11)16-13-4-3-5-14(17)12(13)8-9-18-16/h3-5,8-9,11H,2,6-7,10H2,1H3. The number of nitrogens with zero attached hydrogens (tertiary/aromatic N) is 2. The lowest BCUT2D eigenvalue weighted by Gasteiger charge is -2.24. The summed E-state index contributed by atoms with van der Waals surface area (Å²) in [6.07, 6.45) is 4.00. The van der Waals surface area contributed by atoms with Crippen LogP contribution in [0.5, 0.6) is 0 Å². The Bertz CT molecular complexity index is 670. The van der Waals surface area contributed by atoms with Gasteiger partial charge in [0.1, 0.15) is 12.4 Å². The quantitative estimate of drug-likeness (QED) is 0.775. The van der Waals surface area contributed by atoms with E-state index in [1.165, 1.54) is 0 Å². The summed E-state index contributed by atoms with van der Waals surface area (Å²) < 4.78 is 6.13. The molecule has 110 valence electrons. The maximum absolute atomic E-state index is 11.9. The largest absolute Gasteiger partial charge is 0.465 e. The second kappa shape index (κ2) is 6.02. The first-order valence-corrected chi connectivity index (χ1v) is 7.95. The van der Waals surface area contributed by atoms with Gasteiger partial charge in [0.25, 0.3) is 0 Å². The summed E-state index contributed by atoms with van der Waals surface area (Å²) in [5.41, 5.74) is 0. The van der Waals surface area contributed by atoms with Crippen molar-refractivity contribution in [2.45, 2.75) is 25.8 Å². The second-order valence-corrected chi connectivity index (χ2v) is 5.99. The number of ether oxygens (including phenoxy) is 1. The number of fused-ring (bicyclic) bond motifs is 1. The molecule has 21 heavy (non-hydrogen) atoms. The summed E-state index contributed by atoms with van der Waals surface area (Å²) in [5.74, 6) is 0.669. The van der Waals surface area contributed by atoms with E-state index < -0.39 is 0 Å². The molecule has 0 N–H and O–H groups in total. The van der Waals surface area contributed by atoms with Crippen LogP contribution >= 0.6 is 15.9 Å². The van der Waals surface area contributed by atoms with Crippen molar-refractivity contribution in [1.82, 2.24) is 4.98 Å². The molecule has 0 radical (unpaired) electrons. The van der Waals surface area contributed by atoms with Crippen molar-refractivity contribution in [2.75, 3.05) is 18.1 Å². The number of anilines is 1. The number of rotatable bonds is 5. The molecule has 0 spiro atoms. The molecule has 0 aliphatic heterocycles. The van der Waals surface area contributed by atoms with E-state index >= 15 is 0 Å². The number of aromatic nitrogens is 1. The number of esters is 1. The Balaban J connectivity index is 2.00. The Hall–Kier alpha value is -1.62. The molecule has 5 heteroatoms. The molecule has 1 aliphatic rings. The Morgan fingerprint density at radius 2 is 2.19 bits per heavy atom. The Labute approximate surface area is 132 Å². The number of hydrogen-bond donors (Lipinski definition) is 0. The van der Waals surface area contributed by atoms with E-state index in [4.69, 9.17) is 4.74 Å². The molecule has 3 rings (SSSR count). The van der Waals surface area contributed by atoms with Crippen LogP contribution in [0.25, 0.3) is 10.8 Å². The van der Waals surface area contributed by atoms with Crippen LogP contribution in [0.15, 0.2) is 34.9 Å². The van der Waals surface area contributed by atoms with Crippen molar-refractivity contribution in [1.29, 1.82) is 0 Å². The van der Waals surface area contributed by atoms with Crippen molar-refractivity contribution in [3.63, 3.8) is 0 Å². The number of benzene rings is 1. The number of halogens is 1. The summed E-state index contributed by atoms with van der Waals surface area (Å²) in [4.78, 5) is 18.5. The zero-order valence-corrected chi connectivity index (χ0v) is 13.5. The van der Waals surface area contributed by atoms with E-state index in [1.807, 2.05) is 31.2 Å². The molecule has 1 aliphatic carbocycles. The normalized spacial score (nSPS) is 14.2. The highest BCUT2D eigenvalue weighted by Gasteiger charge is 2.32. The van der Waals surface area contributed by atoms with Gasteiger partial charge in [0, 0.05) is 27.5 Å². The molecule has 0 bridgehead atoms. The van der Waals surface area contributed by atoms with Crippen LogP contribution in [0.4, 0.5) is 5.82 Å². The fourth-order valence-corrected chi connectivity index (χ4v) is 2.99. The molecule has 0 saturated heterocycles. The van der Waals surface area contributed by atoms with E-state index in [-0.39, 0.29) is 12.5 Å². The van der Waals surface area contributed by atoms with E-state index in [0.29, 0.717) is 12.6 Å². The molecule has 4 nitrogen and oxygen atoms in total. The van der Waals surface area contributed by atoms with Gasteiger partial charge in [-0.3, -0.25) is 4.79 Å². The van der Waals surface area contributed by atoms with Crippen molar-refractivity contribution in [3.8, 4) is 0 Å². The molecule has 0 unspecified atom stereocenters. The monoisotopic (exact) mass is 348 g/mol. The number of carbonyl (C=O) groups excluding carboxylic acids is 1. The van der Waals surface area contributed by atoms with Gasteiger partial charge in [0.15, 0.2) is 0 Å². The zero-order chi connectivity index (χ0) is 14.8. The molecular formula is C16H17BrN2O2. The van der Waals surface area contributed by atoms with Crippen LogP contribution in [-0.4, -0.2) is 30.1 Å². The van der Waals surface area contributed by atoms with Crippen LogP contribution < -0.4 is 4.90 Å². The Morgan fingerprint density at radius 1 is 1.38 bits per heavy atom. The maximum atomic E-state index is 11.9. The van der Waals surface area contributed by atoms with Crippen molar-refractivity contribution >= 4 is 38.5 Å². The van der Waals surface area contributed by atoms with Crippen LogP contribution in [0, 0.1) is 0 Å². The summed E-state index contributed by atoms with van der Waals surface area (Å²) >= 11 is 3.57. The summed E-state index contributed by atoms with van der Waals surface area (Å²) in [5, 5.41) is 2.17. The van der Waals surface area contributed by atoms with E-state index in [1.54, 1.807) is 6.20 Å². The highest BCUT2D eigenvalue weighted by molar-refractivity contribution is 9.10. The van der Waals surface area contributed by atoms with E-state index in [2.05, 4.69) is 25.8 Å². The lowest BCUT2D eigenvalue weighted by Crippen LogP contribution is -2.33. The van der Waals surface area contributed by atoms with Crippen molar-refractivity contribution < 1.29 is 9.53 Å². The highest BCUT2D eigenvalue weighted by Crippen LogP contribution is 2.35. The van der Waals surface area contributed by atoms with Gasteiger partial charge in [-0.1, -0.05) is 28.1 Å². The minimum Gasteiger partial charge on any atom is -0.465 e. The fourth-order valence-electron chi connectivity index (χ4n) is 2.49. The smallest absolute Gasteiger partial charge is 0.325 e. The Morgan fingerprint density at radius 3 is 2.90 bits per heavy atom. The fraction of sp³-hybridized carbons (Fsp3) is 0.375. The predicted molar refractivity (Wildman–Crippen MR) is 86.4 cm³/mol. The van der Waals surface area contributed by atoms with Gasteiger partial charge in [-0.25, -0.2) is 4.98 Å². The summed E-state index contributed by atoms with van der Waals surface area (Å²) in [7, 11) is 0. The highest BCUT2D eigenvalue weighted by atomic mass is 79.9. The first-order chi connectivity index (χ1) is 10.2. The van der Waals surface area contributed by atoms with Gasteiger partial charge in [0.2, 0.25) is 0 Å². The second-order valence-electron chi connectivity index (χ2n) is 5.13. The van der Waals surface area contributed by atoms with Gasteiger partial charge in [-0.2, -0.15) is 0 Å². The van der Waals surface area contributed by atoms with E-state index in [0.717, 1.165) is 33.9 Å². The SMILES string of the molecule is CCOC(=O)CN(c1nccc2c(Br)cccc12)C1CC1. The topological polar surface area (TPSA) is 42.4 Å². The average molecular weight is 349 g/mol. The lowest BCUT2D eigenvalue weighted by atomic mass is 10.1. The number of carbonyl (C=O) groups is 1. The minimum absolute atomic E-state index is 0.196. The predicted octanol–water partition coefficient (Wildman–Crippen LogP) is 3.53. The van der Waals surface area contributed by atoms with Crippen molar-refractivity contribution in [2.24, 2.45) is 0 Å². The first-order valence-electron chi connectivity index (χ1n) is 7.16. The molecule has 2 aromatic rings. The average Bonchev–Trinajstić information content (AvgIpc) is 3.30. The summed E-state index contributed by atoms with van der Waals surface area (Å²) in [6.45, 7) is 2.50. The Kier molecular flexibility index (Phi) is 4.10. The molecule has 0 amide bonds. The van der Waals surface area contributed by atoms with Gasteiger partial charge in [-0.05, 0) is 31.9 Å². The van der Waals surface area contributed by atoms with Gasteiger partial charge in [0.05, 0.1) is 6.61 Å². The van der Waals surface area contributed by atoms with E-state index in [9.17, 15) is 4.79 Å². The third-order valence-corrected chi connectivity index (χ3v) is 4.29. The van der Waals surface area contributed by atoms with Crippen molar-refractivity contribution in [3.05, 3.63) is 34.9 Å². The number of hydrogen-bond acceptors (Lipinski definition) is 4.